The predicted octanol–water partition coefficient (Wildman–Crippen LogP) is 0.682. The minimum absolute atomic E-state index is 0.268. The maximum absolute atomic E-state index is 12.2. The van der Waals surface area contributed by atoms with Crippen molar-refractivity contribution in [1.82, 2.24) is 25.1 Å². The van der Waals surface area contributed by atoms with E-state index in [1.807, 2.05) is 17.6 Å². The first-order chi connectivity index (χ1) is 10.7. The zero-order valence-electron chi connectivity index (χ0n) is 12.4. The van der Waals surface area contributed by atoms with Crippen molar-refractivity contribution in [2.45, 2.75) is 19.5 Å². The number of hydrogen-bond donors (Lipinski definition) is 1. The van der Waals surface area contributed by atoms with Gasteiger partial charge in [-0.25, -0.2) is 4.98 Å². The first kappa shape index (κ1) is 15.6. The van der Waals surface area contributed by atoms with Gasteiger partial charge in [0, 0.05) is 19.9 Å². The fraction of sp³-hybridized carbons (Fsp3) is 0.357. The molecule has 0 spiro atoms. The van der Waals surface area contributed by atoms with Crippen molar-refractivity contribution in [3.05, 3.63) is 41.7 Å². The van der Waals surface area contributed by atoms with Crippen LogP contribution in [-0.4, -0.2) is 39.4 Å². The van der Waals surface area contributed by atoms with Gasteiger partial charge in [-0.15, -0.1) is 10.2 Å². The maximum atomic E-state index is 12.2. The van der Waals surface area contributed by atoms with E-state index in [1.54, 1.807) is 19.5 Å². The molecule has 0 saturated carbocycles. The fourth-order valence-corrected chi connectivity index (χ4v) is 1.90. The van der Waals surface area contributed by atoms with Crippen molar-refractivity contribution in [3.8, 4) is 6.07 Å². The number of amides is 1. The summed E-state index contributed by atoms with van der Waals surface area (Å²) in [6.07, 6.45) is 2.97. The van der Waals surface area contributed by atoms with Crippen molar-refractivity contribution < 1.29 is 9.53 Å². The lowest BCUT2D eigenvalue weighted by Crippen LogP contribution is -2.29. The summed E-state index contributed by atoms with van der Waals surface area (Å²) < 4.78 is 6.85. The van der Waals surface area contributed by atoms with E-state index in [0.717, 1.165) is 0 Å². The van der Waals surface area contributed by atoms with Crippen LogP contribution in [-0.2, 0) is 11.3 Å². The Labute approximate surface area is 127 Å². The molecule has 0 saturated heterocycles. The molecule has 8 heteroatoms. The van der Waals surface area contributed by atoms with Crippen molar-refractivity contribution in [3.63, 3.8) is 0 Å². The van der Waals surface area contributed by atoms with Gasteiger partial charge in [0.1, 0.15) is 18.1 Å². The van der Waals surface area contributed by atoms with E-state index >= 15 is 0 Å². The third kappa shape index (κ3) is 3.65. The third-order valence-corrected chi connectivity index (χ3v) is 3.06. The molecule has 22 heavy (non-hydrogen) atoms. The van der Waals surface area contributed by atoms with Crippen LogP contribution in [0.15, 0.2) is 24.7 Å². The number of nitrogens with zero attached hydrogens (tertiary/aromatic N) is 5. The molecule has 8 nitrogen and oxygen atoms in total. The van der Waals surface area contributed by atoms with E-state index in [0.29, 0.717) is 24.5 Å². The molecule has 2 aromatic rings. The number of aromatic nitrogens is 4. The molecule has 0 aliphatic heterocycles. The molecule has 114 valence electrons. The van der Waals surface area contributed by atoms with Crippen molar-refractivity contribution >= 4 is 5.91 Å². The first-order valence-corrected chi connectivity index (χ1v) is 6.69. The number of methoxy groups -OCH3 is 1. The number of pyridine rings is 1. The van der Waals surface area contributed by atoms with Crippen LogP contribution in [0.5, 0.6) is 0 Å². The lowest BCUT2D eigenvalue weighted by molar-refractivity contribution is 0.0937. The lowest BCUT2D eigenvalue weighted by Gasteiger charge is -2.14. The summed E-state index contributed by atoms with van der Waals surface area (Å²) in [5, 5.41) is 19.4. The molecule has 0 radical (unpaired) electrons. The Balaban J connectivity index is 2.04. The highest BCUT2D eigenvalue weighted by molar-refractivity contribution is 5.94. The van der Waals surface area contributed by atoms with Gasteiger partial charge in [0.2, 0.25) is 0 Å². The Morgan fingerprint density at radius 3 is 3.00 bits per heavy atom. The van der Waals surface area contributed by atoms with E-state index in [9.17, 15) is 4.79 Å². The van der Waals surface area contributed by atoms with Crippen LogP contribution < -0.4 is 5.32 Å². The molecule has 1 atom stereocenters. The first-order valence-electron chi connectivity index (χ1n) is 6.69. The van der Waals surface area contributed by atoms with Gasteiger partial charge in [0.25, 0.3) is 5.91 Å². The molecular formula is C14H16N6O2. The molecule has 0 aliphatic carbocycles. The summed E-state index contributed by atoms with van der Waals surface area (Å²) >= 11 is 0. The fourth-order valence-electron chi connectivity index (χ4n) is 1.90. The van der Waals surface area contributed by atoms with Gasteiger partial charge in [-0.05, 0) is 19.1 Å². The average molecular weight is 300 g/mol. The molecule has 1 N–H and O–H groups in total. The summed E-state index contributed by atoms with van der Waals surface area (Å²) in [7, 11) is 1.62. The van der Waals surface area contributed by atoms with Crippen LogP contribution in [0.3, 0.4) is 0 Å². The average Bonchev–Trinajstić information content (AvgIpc) is 3.01. The highest BCUT2D eigenvalue weighted by Gasteiger charge is 2.16. The maximum Gasteiger partial charge on any atom is 0.253 e. The van der Waals surface area contributed by atoms with E-state index in [2.05, 4.69) is 20.5 Å². The molecule has 0 fully saturated rings. The molecule has 0 unspecified atom stereocenters. The summed E-state index contributed by atoms with van der Waals surface area (Å²) in [5.74, 6) is 0.359. The normalized spacial score (nSPS) is 11.7. The number of rotatable bonds is 6. The number of nitriles is 1. The Hall–Kier alpha value is -2.79. The lowest BCUT2D eigenvalue weighted by atomic mass is 10.2. The standard InChI is InChI=1S/C14H16N6O2/c1-10(13-19-17-9-20(13)5-6-22-2)18-14(21)11-3-4-12(7-15)16-8-11/h3-4,8-10H,5-6H2,1-2H3,(H,18,21)/t10-/m0/s1. The van der Waals surface area contributed by atoms with E-state index in [-0.39, 0.29) is 17.6 Å². The largest absolute Gasteiger partial charge is 0.383 e. The zero-order chi connectivity index (χ0) is 15.9. The smallest absolute Gasteiger partial charge is 0.253 e. The third-order valence-electron chi connectivity index (χ3n) is 3.06. The highest BCUT2D eigenvalue weighted by atomic mass is 16.5. The van der Waals surface area contributed by atoms with Gasteiger partial charge in [-0.1, -0.05) is 0 Å². The summed E-state index contributed by atoms with van der Waals surface area (Å²) in [6, 6.07) is 4.65. The van der Waals surface area contributed by atoms with Crippen LogP contribution in [0, 0.1) is 11.3 Å². The number of ether oxygens (including phenoxy) is 1. The van der Waals surface area contributed by atoms with Crippen molar-refractivity contribution in [1.29, 1.82) is 5.26 Å². The van der Waals surface area contributed by atoms with Gasteiger partial charge in [0.05, 0.1) is 18.2 Å². The van der Waals surface area contributed by atoms with Crippen molar-refractivity contribution in [2.24, 2.45) is 0 Å². The van der Waals surface area contributed by atoms with Gasteiger partial charge < -0.3 is 14.6 Å². The Morgan fingerprint density at radius 1 is 1.55 bits per heavy atom. The van der Waals surface area contributed by atoms with Crippen LogP contribution in [0.2, 0.25) is 0 Å². The van der Waals surface area contributed by atoms with E-state index in [1.165, 1.54) is 12.3 Å². The minimum atomic E-state index is -0.317. The summed E-state index contributed by atoms with van der Waals surface area (Å²) in [6.45, 7) is 2.96. The molecule has 0 bridgehead atoms. The second-order valence-electron chi connectivity index (χ2n) is 4.61. The SMILES string of the molecule is COCCn1cnnc1[C@H](C)NC(=O)c1ccc(C#N)nc1. The van der Waals surface area contributed by atoms with Gasteiger partial charge >= 0.3 is 0 Å². The monoisotopic (exact) mass is 300 g/mol. The van der Waals surface area contributed by atoms with Crippen LogP contribution in [0.4, 0.5) is 0 Å². The van der Waals surface area contributed by atoms with Crippen molar-refractivity contribution in [2.75, 3.05) is 13.7 Å². The summed E-state index contributed by atoms with van der Waals surface area (Å²) in [4.78, 5) is 16.0. The molecule has 0 aliphatic rings. The number of nitrogens with one attached hydrogen (secondary N) is 1. The van der Waals surface area contributed by atoms with Gasteiger partial charge in [0.15, 0.2) is 5.82 Å². The van der Waals surface area contributed by atoms with E-state index in [4.69, 9.17) is 10.00 Å². The molecule has 1 amide bonds. The molecular weight excluding hydrogens is 284 g/mol. The second kappa shape index (κ2) is 7.28. The second-order valence-corrected chi connectivity index (χ2v) is 4.61. The van der Waals surface area contributed by atoms with Crippen LogP contribution in [0.1, 0.15) is 34.8 Å². The highest BCUT2D eigenvalue weighted by Crippen LogP contribution is 2.10. The Morgan fingerprint density at radius 2 is 2.36 bits per heavy atom. The molecule has 0 aromatic carbocycles. The van der Waals surface area contributed by atoms with Gasteiger partial charge in [-0.2, -0.15) is 5.26 Å². The summed E-state index contributed by atoms with van der Waals surface area (Å²) in [5.41, 5.74) is 0.651. The Bertz CT molecular complexity index is 673. The minimum Gasteiger partial charge on any atom is -0.383 e. The predicted molar refractivity (Wildman–Crippen MR) is 76.7 cm³/mol. The zero-order valence-corrected chi connectivity index (χ0v) is 12.4. The number of carbonyl (C=O) groups is 1. The Kier molecular flexibility index (Phi) is 5.16. The van der Waals surface area contributed by atoms with Crippen LogP contribution in [0.25, 0.3) is 0 Å². The number of carbonyl (C=O) groups excluding carboxylic acids is 1. The quantitative estimate of drug-likeness (QED) is 0.841. The molecule has 2 rings (SSSR count). The number of hydrogen-bond acceptors (Lipinski definition) is 6. The topological polar surface area (TPSA) is 106 Å². The van der Waals surface area contributed by atoms with Gasteiger partial charge in [-0.3, -0.25) is 4.79 Å². The van der Waals surface area contributed by atoms with E-state index < -0.39 is 0 Å². The molecule has 2 heterocycles. The van der Waals surface area contributed by atoms with Crippen LogP contribution >= 0.6 is 0 Å². The molecule has 2 aromatic heterocycles.